The van der Waals surface area contributed by atoms with E-state index in [9.17, 15) is 0 Å². The maximum Gasteiger partial charge on any atom is 0.108 e. The van der Waals surface area contributed by atoms with Gasteiger partial charge in [-0.05, 0) is 19.4 Å². The van der Waals surface area contributed by atoms with Gasteiger partial charge in [0.2, 0.25) is 0 Å². The molecule has 3 nitrogen and oxygen atoms in total. The van der Waals surface area contributed by atoms with Crippen molar-refractivity contribution in [2.24, 2.45) is 0 Å². The molecule has 13 heavy (non-hydrogen) atoms. The lowest BCUT2D eigenvalue weighted by Gasteiger charge is -2.12. The zero-order chi connectivity index (χ0) is 9.10. The largest absolute Gasteiger partial charge is 0.333 e. The third kappa shape index (κ3) is 1.91. The zero-order valence-electron chi connectivity index (χ0n) is 8.16. The molecule has 1 aromatic rings. The molecule has 0 radical (unpaired) electrons. The minimum absolute atomic E-state index is 0.666. The van der Waals surface area contributed by atoms with E-state index in [4.69, 9.17) is 0 Å². The summed E-state index contributed by atoms with van der Waals surface area (Å²) in [7, 11) is 0. The fourth-order valence-corrected chi connectivity index (χ4v) is 1.97. The summed E-state index contributed by atoms with van der Waals surface area (Å²) < 4.78 is 2.27. The summed E-state index contributed by atoms with van der Waals surface area (Å²) in [4.78, 5) is 4.31. The van der Waals surface area contributed by atoms with Gasteiger partial charge in [-0.1, -0.05) is 6.92 Å². The number of nitrogens with one attached hydrogen (secondary N) is 1. The van der Waals surface area contributed by atoms with E-state index in [0.717, 1.165) is 13.0 Å². The Labute approximate surface area is 79.2 Å². The van der Waals surface area contributed by atoms with E-state index in [0.29, 0.717) is 6.04 Å². The summed E-state index contributed by atoms with van der Waals surface area (Å²) >= 11 is 0. The molecule has 1 atom stereocenters. The molecule has 1 N–H and O–H groups in total. The lowest BCUT2D eigenvalue weighted by Crippen LogP contribution is -2.27. The van der Waals surface area contributed by atoms with Gasteiger partial charge in [0.05, 0.1) is 0 Å². The number of hydrogen-bond acceptors (Lipinski definition) is 2. The third-order valence-corrected chi connectivity index (χ3v) is 2.70. The SMILES string of the molecule is CCc1nccn1C[C@@H]1CCCN1. The van der Waals surface area contributed by atoms with Crippen molar-refractivity contribution < 1.29 is 0 Å². The van der Waals surface area contributed by atoms with E-state index in [1.54, 1.807) is 0 Å². The van der Waals surface area contributed by atoms with E-state index in [-0.39, 0.29) is 0 Å². The van der Waals surface area contributed by atoms with Crippen molar-refractivity contribution in [1.29, 1.82) is 0 Å². The van der Waals surface area contributed by atoms with Crippen LogP contribution in [0.15, 0.2) is 12.4 Å². The molecule has 1 saturated heterocycles. The number of hydrogen-bond donors (Lipinski definition) is 1. The Hall–Kier alpha value is -0.830. The van der Waals surface area contributed by atoms with E-state index in [1.165, 1.54) is 25.2 Å². The van der Waals surface area contributed by atoms with Gasteiger partial charge in [-0.3, -0.25) is 0 Å². The quantitative estimate of drug-likeness (QED) is 0.755. The van der Waals surface area contributed by atoms with E-state index >= 15 is 0 Å². The van der Waals surface area contributed by atoms with Crippen molar-refractivity contribution >= 4 is 0 Å². The lowest BCUT2D eigenvalue weighted by molar-refractivity contribution is 0.497. The number of aromatic nitrogens is 2. The Morgan fingerprint density at radius 3 is 3.31 bits per heavy atom. The van der Waals surface area contributed by atoms with Gasteiger partial charge in [-0.2, -0.15) is 0 Å². The maximum absolute atomic E-state index is 4.31. The van der Waals surface area contributed by atoms with Crippen molar-refractivity contribution in [3.8, 4) is 0 Å². The van der Waals surface area contributed by atoms with Crippen LogP contribution in [0.25, 0.3) is 0 Å². The predicted molar refractivity (Wildman–Crippen MR) is 52.6 cm³/mol. The molecule has 0 aliphatic carbocycles. The molecule has 0 saturated carbocycles. The molecule has 72 valence electrons. The molecule has 2 heterocycles. The monoisotopic (exact) mass is 179 g/mol. The van der Waals surface area contributed by atoms with Crippen LogP contribution >= 0.6 is 0 Å². The minimum atomic E-state index is 0.666. The second kappa shape index (κ2) is 3.92. The smallest absolute Gasteiger partial charge is 0.108 e. The van der Waals surface area contributed by atoms with Crippen LogP contribution in [0, 0.1) is 0 Å². The number of aryl methyl sites for hydroxylation is 1. The highest BCUT2D eigenvalue weighted by molar-refractivity contribution is 4.93. The number of rotatable bonds is 3. The summed E-state index contributed by atoms with van der Waals surface area (Å²) in [5.41, 5.74) is 0. The van der Waals surface area contributed by atoms with E-state index in [1.807, 2.05) is 6.20 Å². The second-order valence-corrected chi connectivity index (χ2v) is 3.64. The summed E-state index contributed by atoms with van der Waals surface area (Å²) in [5, 5.41) is 3.50. The normalized spacial score (nSPS) is 22.4. The van der Waals surface area contributed by atoms with Crippen molar-refractivity contribution in [3.05, 3.63) is 18.2 Å². The third-order valence-electron chi connectivity index (χ3n) is 2.70. The first-order chi connectivity index (χ1) is 6.40. The maximum atomic E-state index is 4.31. The second-order valence-electron chi connectivity index (χ2n) is 3.64. The Bertz CT molecular complexity index is 261. The van der Waals surface area contributed by atoms with Crippen LogP contribution < -0.4 is 5.32 Å². The minimum Gasteiger partial charge on any atom is -0.333 e. The van der Waals surface area contributed by atoms with Crippen molar-refractivity contribution in [2.45, 2.75) is 38.8 Å². The van der Waals surface area contributed by atoms with Gasteiger partial charge in [0, 0.05) is 31.4 Å². The molecule has 0 spiro atoms. The van der Waals surface area contributed by atoms with Gasteiger partial charge in [0.15, 0.2) is 0 Å². The van der Waals surface area contributed by atoms with Gasteiger partial charge < -0.3 is 9.88 Å². The van der Waals surface area contributed by atoms with Crippen LogP contribution in [-0.4, -0.2) is 22.1 Å². The van der Waals surface area contributed by atoms with Crippen LogP contribution in [-0.2, 0) is 13.0 Å². The van der Waals surface area contributed by atoms with E-state index < -0.39 is 0 Å². The van der Waals surface area contributed by atoms with Crippen LogP contribution in [0.3, 0.4) is 0 Å². The van der Waals surface area contributed by atoms with Crippen LogP contribution in [0.2, 0.25) is 0 Å². The van der Waals surface area contributed by atoms with Gasteiger partial charge in [0.1, 0.15) is 5.82 Å². The van der Waals surface area contributed by atoms with Gasteiger partial charge >= 0.3 is 0 Å². The Kier molecular flexibility index (Phi) is 2.64. The fraction of sp³-hybridized carbons (Fsp3) is 0.700. The molecule has 1 aliphatic heterocycles. The molecular weight excluding hydrogens is 162 g/mol. The molecule has 0 unspecified atom stereocenters. The average molecular weight is 179 g/mol. The standard InChI is InChI=1S/C10H17N3/c1-2-10-12-6-7-13(10)8-9-4-3-5-11-9/h6-7,9,11H,2-5,8H2,1H3/t9-/m0/s1. The Morgan fingerprint density at radius 1 is 1.69 bits per heavy atom. The lowest BCUT2D eigenvalue weighted by atomic mass is 10.2. The molecule has 0 amide bonds. The number of nitrogens with zero attached hydrogens (tertiary/aromatic N) is 2. The summed E-state index contributed by atoms with van der Waals surface area (Å²) in [5.74, 6) is 1.20. The first-order valence-corrected chi connectivity index (χ1v) is 5.13. The fourth-order valence-electron chi connectivity index (χ4n) is 1.97. The topological polar surface area (TPSA) is 29.9 Å². The number of imidazole rings is 1. The van der Waals surface area contributed by atoms with Crippen molar-refractivity contribution in [1.82, 2.24) is 14.9 Å². The molecule has 1 fully saturated rings. The van der Waals surface area contributed by atoms with Crippen LogP contribution in [0.1, 0.15) is 25.6 Å². The van der Waals surface area contributed by atoms with Crippen molar-refractivity contribution in [3.63, 3.8) is 0 Å². The first kappa shape index (κ1) is 8.75. The molecule has 2 rings (SSSR count). The molecule has 1 aliphatic rings. The molecule has 0 bridgehead atoms. The summed E-state index contributed by atoms with van der Waals surface area (Å²) in [6.07, 6.45) is 7.63. The van der Waals surface area contributed by atoms with Gasteiger partial charge in [-0.15, -0.1) is 0 Å². The predicted octanol–water partition coefficient (Wildman–Crippen LogP) is 1.20. The molecule has 1 aromatic heterocycles. The zero-order valence-corrected chi connectivity index (χ0v) is 8.16. The molecule has 3 heteroatoms. The average Bonchev–Trinajstić information content (AvgIpc) is 2.76. The van der Waals surface area contributed by atoms with Crippen LogP contribution in [0.5, 0.6) is 0 Å². The molecular formula is C10H17N3. The first-order valence-electron chi connectivity index (χ1n) is 5.13. The molecule has 0 aromatic carbocycles. The van der Waals surface area contributed by atoms with Crippen LogP contribution in [0.4, 0.5) is 0 Å². The highest BCUT2D eigenvalue weighted by atomic mass is 15.1. The highest BCUT2D eigenvalue weighted by Gasteiger charge is 2.14. The Morgan fingerprint density at radius 2 is 2.62 bits per heavy atom. The van der Waals surface area contributed by atoms with Crippen molar-refractivity contribution in [2.75, 3.05) is 6.54 Å². The summed E-state index contributed by atoms with van der Waals surface area (Å²) in [6.45, 7) is 4.42. The van der Waals surface area contributed by atoms with Gasteiger partial charge in [0.25, 0.3) is 0 Å². The summed E-state index contributed by atoms with van der Waals surface area (Å²) in [6, 6.07) is 0.666. The Balaban J connectivity index is 1.99. The van der Waals surface area contributed by atoms with E-state index in [2.05, 4.69) is 28.0 Å². The highest BCUT2D eigenvalue weighted by Crippen LogP contribution is 2.09. The van der Waals surface area contributed by atoms with Gasteiger partial charge in [-0.25, -0.2) is 4.98 Å².